The van der Waals surface area contributed by atoms with Gasteiger partial charge in [-0.15, -0.1) is 5.10 Å². The molecule has 4 heterocycles. The summed E-state index contributed by atoms with van der Waals surface area (Å²) in [6.07, 6.45) is 2.71. The smallest absolute Gasteiger partial charge is 0.194 e. The molecule has 1 aromatic carbocycles. The minimum Gasteiger partial charge on any atom is -0.394 e. The van der Waals surface area contributed by atoms with E-state index >= 15 is 0 Å². The van der Waals surface area contributed by atoms with Crippen molar-refractivity contribution in [1.29, 1.82) is 0 Å². The van der Waals surface area contributed by atoms with Crippen LogP contribution in [0.3, 0.4) is 0 Å². The van der Waals surface area contributed by atoms with E-state index in [9.17, 15) is 23.4 Å². The summed E-state index contributed by atoms with van der Waals surface area (Å²) < 4.78 is 53.8. The lowest BCUT2D eigenvalue weighted by Crippen LogP contribution is -2.57. The van der Waals surface area contributed by atoms with Crippen molar-refractivity contribution in [3.8, 4) is 11.3 Å². The van der Waals surface area contributed by atoms with Gasteiger partial charge in [-0.3, -0.25) is 0 Å². The van der Waals surface area contributed by atoms with Crippen LogP contribution in [0.15, 0.2) is 42.2 Å². The van der Waals surface area contributed by atoms with Gasteiger partial charge >= 0.3 is 0 Å². The molecule has 14 heteroatoms. The van der Waals surface area contributed by atoms with E-state index in [-0.39, 0.29) is 17.4 Å². The number of ether oxygens (including phenoxy) is 2. The van der Waals surface area contributed by atoms with E-state index in [4.69, 9.17) is 14.3 Å². The molecular formula is C23H23F3N6O5. The fraction of sp³-hybridized carbons (Fsp3) is 0.435. The van der Waals surface area contributed by atoms with Gasteiger partial charge in [0.05, 0.1) is 24.6 Å². The van der Waals surface area contributed by atoms with Crippen LogP contribution >= 0.6 is 0 Å². The molecule has 3 aromatic rings. The number of aliphatic hydroxyl groups is 2. The Morgan fingerprint density at radius 1 is 1.11 bits per heavy atom. The zero-order valence-electron chi connectivity index (χ0n) is 19.5. The summed E-state index contributed by atoms with van der Waals surface area (Å²) in [5.74, 6) is -4.33. The minimum atomic E-state index is -1.59. The van der Waals surface area contributed by atoms with Crippen molar-refractivity contribution >= 4 is 5.71 Å². The molecule has 0 bridgehead atoms. The number of hydrogen-bond acceptors (Lipinski definition) is 10. The number of halogens is 3. The van der Waals surface area contributed by atoms with Crippen LogP contribution in [-0.2, 0) is 14.3 Å². The second kappa shape index (κ2) is 10.5. The fourth-order valence-corrected chi connectivity index (χ4v) is 4.65. The lowest BCUT2D eigenvalue weighted by molar-refractivity contribution is -0.219. The summed E-state index contributed by atoms with van der Waals surface area (Å²) in [4.78, 5) is 13.5. The molecule has 0 saturated carbocycles. The zero-order chi connectivity index (χ0) is 26.1. The molecule has 1 fully saturated rings. The lowest BCUT2D eigenvalue weighted by atomic mass is 9.89. The Balaban J connectivity index is 1.37. The number of aromatic nitrogens is 5. The third kappa shape index (κ3) is 4.92. The standard InChI is InChI=1S/C23H23F3N6O5/c1-35-23-18(5-13-4-16(30-37-13)12-6-27-10-28-7-12)36-19(9-33)22(34)21(23)32-8-17(29-31-32)11-2-14(24)20(26)15(25)3-11/h2-3,6-8,10,13,18-19,21-23,33-34H,4-5,9H2,1H3/t13?,18-,19-,21+,22+,23+/m1/s1. The first-order chi connectivity index (χ1) is 17.9. The Labute approximate surface area is 208 Å². The Bertz CT molecular complexity index is 1260. The van der Waals surface area contributed by atoms with Gasteiger partial charge in [-0.1, -0.05) is 10.4 Å². The van der Waals surface area contributed by atoms with Crippen LogP contribution in [-0.4, -0.2) is 85.1 Å². The van der Waals surface area contributed by atoms with Crippen LogP contribution in [0.25, 0.3) is 11.3 Å². The van der Waals surface area contributed by atoms with Crippen molar-refractivity contribution in [3.05, 3.63) is 60.1 Å². The van der Waals surface area contributed by atoms with Crippen molar-refractivity contribution in [2.24, 2.45) is 5.16 Å². The van der Waals surface area contributed by atoms with Crippen molar-refractivity contribution in [2.75, 3.05) is 13.7 Å². The number of benzene rings is 1. The van der Waals surface area contributed by atoms with Gasteiger partial charge < -0.3 is 24.5 Å². The zero-order valence-corrected chi connectivity index (χ0v) is 19.5. The maximum atomic E-state index is 13.7. The molecule has 2 N–H and O–H groups in total. The van der Waals surface area contributed by atoms with E-state index in [0.29, 0.717) is 18.6 Å². The van der Waals surface area contributed by atoms with E-state index in [0.717, 1.165) is 17.7 Å². The number of rotatable bonds is 7. The highest BCUT2D eigenvalue weighted by molar-refractivity contribution is 6.00. The molecule has 11 nitrogen and oxygen atoms in total. The SMILES string of the molecule is CO[C@@H]1[C@@H](n2cc(-c3cc(F)c(F)c(F)c3)nn2)[C@@H](O)[C@@H](CO)O[C@@H]1CC1CC(c2cncnc2)=NO1. The van der Waals surface area contributed by atoms with Gasteiger partial charge in [0.25, 0.3) is 0 Å². The molecule has 196 valence electrons. The number of hydrogen-bond donors (Lipinski definition) is 2. The molecule has 2 aliphatic rings. The maximum Gasteiger partial charge on any atom is 0.194 e. The topological polar surface area (TPSA) is 137 Å². The van der Waals surface area contributed by atoms with E-state index < -0.39 is 54.5 Å². The van der Waals surface area contributed by atoms with Crippen LogP contribution in [0, 0.1) is 17.5 Å². The molecule has 0 amide bonds. The molecular weight excluding hydrogens is 497 g/mol. The van der Waals surface area contributed by atoms with Crippen molar-refractivity contribution in [3.63, 3.8) is 0 Å². The molecule has 0 aliphatic carbocycles. The molecule has 5 rings (SSSR count). The summed E-state index contributed by atoms with van der Waals surface area (Å²) in [7, 11) is 1.43. The van der Waals surface area contributed by atoms with Crippen molar-refractivity contribution in [1.82, 2.24) is 25.0 Å². The molecule has 2 aromatic heterocycles. The molecule has 37 heavy (non-hydrogen) atoms. The van der Waals surface area contributed by atoms with E-state index in [1.807, 2.05) is 0 Å². The summed E-state index contributed by atoms with van der Waals surface area (Å²) in [6.45, 7) is -0.491. The first-order valence-electron chi connectivity index (χ1n) is 11.4. The van der Waals surface area contributed by atoms with E-state index in [2.05, 4.69) is 25.4 Å². The second-order valence-corrected chi connectivity index (χ2v) is 8.75. The third-order valence-corrected chi connectivity index (χ3v) is 6.45. The van der Waals surface area contributed by atoms with Gasteiger partial charge in [-0.05, 0) is 12.1 Å². The summed E-state index contributed by atoms with van der Waals surface area (Å²) in [6, 6.07) is 0.710. The van der Waals surface area contributed by atoms with Crippen LogP contribution in [0.5, 0.6) is 0 Å². The van der Waals surface area contributed by atoms with E-state index in [1.54, 1.807) is 12.4 Å². The number of methoxy groups -OCH3 is 1. The average molecular weight is 520 g/mol. The van der Waals surface area contributed by atoms with Gasteiger partial charge in [0.15, 0.2) is 17.5 Å². The van der Waals surface area contributed by atoms with E-state index in [1.165, 1.54) is 24.3 Å². The monoisotopic (exact) mass is 520 g/mol. The van der Waals surface area contributed by atoms with Gasteiger partial charge in [-0.25, -0.2) is 27.8 Å². The number of nitrogens with zero attached hydrogens (tertiary/aromatic N) is 6. The first-order valence-corrected chi connectivity index (χ1v) is 11.4. The average Bonchev–Trinajstić information content (AvgIpc) is 3.58. The normalized spacial score (nSPS) is 27.7. The van der Waals surface area contributed by atoms with Crippen molar-refractivity contribution < 1.29 is 37.7 Å². The highest BCUT2D eigenvalue weighted by atomic mass is 19.2. The molecule has 6 atom stereocenters. The van der Waals surface area contributed by atoms with Crippen LogP contribution < -0.4 is 0 Å². The fourth-order valence-electron chi connectivity index (χ4n) is 4.65. The van der Waals surface area contributed by atoms with Crippen LogP contribution in [0.4, 0.5) is 13.2 Å². The Morgan fingerprint density at radius 2 is 1.84 bits per heavy atom. The summed E-state index contributed by atoms with van der Waals surface area (Å²) >= 11 is 0. The Hall–Kier alpha value is -3.46. The highest BCUT2D eigenvalue weighted by Gasteiger charge is 2.48. The predicted octanol–water partition coefficient (Wildman–Crippen LogP) is 1.41. The van der Waals surface area contributed by atoms with Gasteiger partial charge in [0.1, 0.15) is 42.5 Å². The van der Waals surface area contributed by atoms with Crippen LogP contribution in [0.2, 0.25) is 0 Å². The molecule has 2 aliphatic heterocycles. The minimum absolute atomic E-state index is 0.0395. The quantitative estimate of drug-likeness (QED) is 0.443. The lowest BCUT2D eigenvalue weighted by Gasteiger charge is -2.44. The third-order valence-electron chi connectivity index (χ3n) is 6.45. The largest absolute Gasteiger partial charge is 0.394 e. The van der Waals surface area contributed by atoms with Crippen molar-refractivity contribution in [2.45, 2.75) is 49.4 Å². The first kappa shape index (κ1) is 25.2. The van der Waals surface area contributed by atoms with Crippen LogP contribution in [0.1, 0.15) is 24.4 Å². The van der Waals surface area contributed by atoms with Gasteiger partial charge in [0.2, 0.25) is 0 Å². The summed E-state index contributed by atoms with van der Waals surface area (Å²) in [5, 5.41) is 32.9. The van der Waals surface area contributed by atoms with Gasteiger partial charge in [0, 0.05) is 43.5 Å². The molecule has 1 saturated heterocycles. The number of aliphatic hydroxyl groups excluding tert-OH is 2. The molecule has 0 spiro atoms. The Morgan fingerprint density at radius 3 is 2.51 bits per heavy atom. The molecule has 0 radical (unpaired) electrons. The number of oxime groups is 1. The second-order valence-electron chi connectivity index (χ2n) is 8.75. The molecule has 1 unspecified atom stereocenters. The maximum absolute atomic E-state index is 13.7. The van der Waals surface area contributed by atoms with Gasteiger partial charge in [-0.2, -0.15) is 0 Å². The predicted molar refractivity (Wildman–Crippen MR) is 120 cm³/mol. The summed E-state index contributed by atoms with van der Waals surface area (Å²) in [5.41, 5.74) is 1.40. The highest BCUT2D eigenvalue weighted by Crippen LogP contribution is 2.36. The Kier molecular flexibility index (Phi) is 7.15.